The second kappa shape index (κ2) is 9.18. The van der Waals surface area contributed by atoms with Crippen LogP contribution in [0.4, 0.5) is 17.1 Å². The zero-order chi connectivity index (χ0) is 21.8. The third kappa shape index (κ3) is 4.69. The summed E-state index contributed by atoms with van der Waals surface area (Å²) in [5.41, 5.74) is 2.52. The Morgan fingerprint density at radius 2 is 1.81 bits per heavy atom. The second-order valence-corrected chi connectivity index (χ2v) is 8.44. The van der Waals surface area contributed by atoms with Gasteiger partial charge in [0.2, 0.25) is 0 Å². The Kier molecular flexibility index (Phi) is 6.18. The van der Waals surface area contributed by atoms with Crippen LogP contribution in [0.15, 0.2) is 66.0 Å². The minimum atomic E-state index is -0.360. The van der Waals surface area contributed by atoms with Gasteiger partial charge in [-0.2, -0.15) is 0 Å². The van der Waals surface area contributed by atoms with Gasteiger partial charge < -0.3 is 15.1 Å². The molecule has 0 bridgehead atoms. The number of benzene rings is 2. The standard InChI is InChI=1S/C23H24N4O3S/c1-17(18-6-3-2-4-7-18)24-20-16-19(9-10-21(20)27(29)30)25-11-13-26(14-12-25)23(28)22-8-5-15-31-22/h2-10,15-17,24H,11-14H2,1H3/t17-/m0/s1. The summed E-state index contributed by atoms with van der Waals surface area (Å²) < 4.78 is 0. The van der Waals surface area contributed by atoms with Crippen molar-refractivity contribution in [2.24, 2.45) is 0 Å². The Morgan fingerprint density at radius 3 is 2.45 bits per heavy atom. The maximum absolute atomic E-state index is 12.6. The minimum absolute atomic E-state index is 0.0537. The Bertz CT molecular complexity index is 1050. The number of nitro groups is 1. The van der Waals surface area contributed by atoms with Gasteiger partial charge >= 0.3 is 0 Å². The number of nitro benzene ring substituents is 1. The van der Waals surface area contributed by atoms with E-state index in [0.29, 0.717) is 31.9 Å². The van der Waals surface area contributed by atoms with Gasteiger partial charge in [0, 0.05) is 44.0 Å². The normalized spacial score (nSPS) is 14.9. The summed E-state index contributed by atoms with van der Waals surface area (Å²) in [5, 5.41) is 16.8. The Balaban J connectivity index is 1.48. The van der Waals surface area contributed by atoms with Gasteiger partial charge in [0.15, 0.2) is 0 Å². The van der Waals surface area contributed by atoms with Crippen molar-refractivity contribution in [1.82, 2.24) is 4.90 Å². The first kappa shape index (κ1) is 20.9. The molecule has 0 aliphatic carbocycles. The SMILES string of the molecule is C[C@H](Nc1cc(N2CCN(C(=O)c3cccs3)CC2)ccc1[N+](=O)[O-])c1ccccc1. The summed E-state index contributed by atoms with van der Waals surface area (Å²) in [6.45, 7) is 4.60. The summed E-state index contributed by atoms with van der Waals surface area (Å²) in [6.07, 6.45) is 0. The number of anilines is 2. The molecule has 1 fully saturated rings. The minimum Gasteiger partial charge on any atom is -0.373 e. The van der Waals surface area contributed by atoms with Gasteiger partial charge in [0.25, 0.3) is 11.6 Å². The fourth-order valence-corrected chi connectivity index (χ4v) is 4.47. The van der Waals surface area contributed by atoms with Crippen LogP contribution in [0, 0.1) is 10.1 Å². The molecular weight excluding hydrogens is 412 g/mol. The van der Waals surface area contributed by atoms with Gasteiger partial charge in [-0.3, -0.25) is 14.9 Å². The molecule has 8 heteroatoms. The number of hydrogen-bond donors (Lipinski definition) is 1. The molecule has 0 saturated carbocycles. The Morgan fingerprint density at radius 1 is 1.06 bits per heavy atom. The summed E-state index contributed by atoms with van der Waals surface area (Å²) in [5.74, 6) is 0.0670. The number of piperazine rings is 1. The van der Waals surface area contributed by atoms with Gasteiger partial charge in [-0.05, 0) is 36.1 Å². The van der Waals surface area contributed by atoms with E-state index >= 15 is 0 Å². The first-order valence-corrected chi connectivity index (χ1v) is 11.1. The van der Waals surface area contributed by atoms with Gasteiger partial charge in [-0.1, -0.05) is 36.4 Å². The smallest absolute Gasteiger partial charge is 0.292 e. The first-order valence-electron chi connectivity index (χ1n) is 10.2. The number of nitrogens with one attached hydrogen (secondary N) is 1. The Labute approximate surface area is 185 Å². The number of rotatable bonds is 6. The van der Waals surface area contributed by atoms with E-state index in [1.807, 2.05) is 65.7 Å². The van der Waals surface area contributed by atoms with Crippen molar-refractivity contribution in [2.75, 3.05) is 36.4 Å². The van der Waals surface area contributed by atoms with Gasteiger partial charge in [0.05, 0.1) is 9.80 Å². The average molecular weight is 437 g/mol. The molecule has 2 aromatic carbocycles. The van der Waals surface area contributed by atoms with Crippen molar-refractivity contribution in [2.45, 2.75) is 13.0 Å². The molecule has 0 spiro atoms. The second-order valence-electron chi connectivity index (χ2n) is 7.49. The molecule has 1 atom stereocenters. The molecule has 1 aromatic heterocycles. The molecule has 0 unspecified atom stereocenters. The number of amides is 1. The predicted molar refractivity (Wildman–Crippen MR) is 124 cm³/mol. The highest BCUT2D eigenvalue weighted by molar-refractivity contribution is 7.12. The van der Waals surface area contributed by atoms with E-state index in [1.165, 1.54) is 11.3 Å². The van der Waals surface area contributed by atoms with Crippen LogP contribution in [0.3, 0.4) is 0 Å². The Hall–Kier alpha value is -3.39. The quantitative estimate of drug-likeness (QED) is 0.444. The first-order chi connectivity index (χ1) is 15.0. The van der Waals surface area contributed by atoms with Crippen molar-refractivity contribution < 1.29 is 9.72 Å². The van der Waals surface area contributed by atoms with Crippen LogP contribution in [0.25, 0.3) is 0 Å². The molecular formula is C23H24N4O3S. The largest absolute Gasteiger partial charge is 0.373 e. The topological polar surface area (TPSA) is 78.7 Å². The number of hydrogen-bond acceptors (Lipinski definition) is 6. The number of carbonyl (C=O) groups is 1. The van der Waals surface area contributed by atoms with Gasteiger partial charge in [-0.25, -0.2) is 0 Å². The van der Waals surface area contributed by atoms with Crippen LogP contribution in [-0.4, -0.2) is 41.9 Å². The molecule has 1 aliphatic heterocycles. The predicted octanol–water partition coefficient (Wildman–Crippen LogP) is 4.79. The van der Waals surface area contributed by atoms with Crippen LogP contribution in [0.2, 0.25) is 0 Å². The summed E-state index contributed by atoms with van der Waals surface area (Å²) in [6, 6.07) is 18.7. The van der Waals surface area contributed by atoms with Gasteiger partial charge in [0.1, 0.15) is 5.69 Å². The van der Waals surface area contributed by atoms with Crippen LogP contribution < -0.4 is 10.2 Å². The van der Waals surface area contributed by atoms with Crippen molar-refractivity contribution in [3.8, 4) is 0 Å². The molecule has 0 radical (unpaired) electrons. The van der Waals surface area contributed by atoms with Gasteiger partial charge in [-0.15, -0.1) is 11.3 Å². The lowest BCUT2D eigenvalue weighted by atomic mass is 10.1. The van der Waals surface area contributed by atoms with Crippen LogP contribution in [-0.2, 0) is 0 Å². The lowest BCUT2D eigenvalue weighted by molar-refractivity contribution is -0.384. The fourth-order valence-electron chi connectivity index (χ4n) is 3.78. The van der Waals surface area contributed by atoms with Crippen LogP contribution >= 0.6 is 11.3 Å². The van der Waals surface area contributed by atoms with E-state index in [4.69, 9.17) is 0 Å². The van der Waals surface area contributed by atoms with E-state index in [2.05, 4.69) is 10.2 Å². The summed E-state index contributed by atoms with van der Waals surface area (Å²) in [7, 11) is 0. The molecule has 1 N–H and O–H groups in total. The third-order valence-electron chi connectivity index (χ3n) is 5.51. The fraction of sp³-hybridized carbons (Fsp3) is 0.261. The van der Waals surface area contributed by atoms with Crippen LogP contribution in [0.1, 0.15) is 28.2 Å². The number of thiophene rings is 1. The maximum Gasteiger partial charge on any atom is 0.292 e. The molecule has 2 heterocycles. The lowest BCUT2D eigenvalue weighted by Crippen LogP contribution is -2.48. The monoisotopic (exact) mass is 436 g/mol. The van der Waals surface area contributed by atoms with E-state index in [-0.39, 0.29) is 22.6 Å². The summed E-state index contributed by atoms with van der Waals surface area (Å²) in [4.78, 5) is 28.6. The zero-order valence-corrected chi connectivity index (χ0v) is 18.0. The molecule has 7 nitrogen and oxygen atoms in total. The molecule has 1 amide bonds. The van der Waals surface area contributed by atoms with E-state index in [9.17, 15) is 14.9 Å². The van der Waals surface area contributed by atoms with Crippen molar-refractivity contribution >= 4 is 34.3 Å². The maximum atomic E-state index is 12.6. The molecule has 1 saturated heterocycles. The highest BCUT2D eigenvalue weighted by Crippen LogP contribution is 2.33. The molecule has 4 rings (SSSR count). The highest BCUT2D eigenvalue weighted by atomic mass is 32.1. The number of carbonyl (C=O) groups excluding carboxylic acids is 1. The van der Waals surface area contributed by atoms with Crippen molar-refractivity contribution in [1.29, 1.82) is 0 Å². The molecule has 160 valence electrons. The van der Waals surface area contributed by atoms with E-state index in [0.717, 1.165) is 16.1 Å². The molecule has 31 heavy (non-hydrogen) atoms. The molecule has 3 aromatic rings. The van der Waals surface area contributed by atoms with Crippen molar-refractivity contribution in [3.05, 3.63) is 86.6 Å². The third-order valence-corrected chi connectivity index (χ3v) is 6.37. The molecule has 1 aliphatic rings. The van der Waals surface area contributed by atoms with E-state index < -0.39 is 0 Å². The number of nitrogens with zero attached hydrogens (tertiary/aromatic N) is 3. The van der Waals surface area contributed by atoms with Crippen LogP contribution in [0.5, 0.6) is 0 Å². The summed E-state index contributed by atoms with van der Waals surface area (Å²) >= 11 is 1.45. The highest BCUT2D eigenvalue weighted by Gasteiger charge is 2.24. The zero-order valence-electron chi connectivity index (χ0n) is 17.2. The lowest BCUT2D eigenvalue weighted by Gasteiger charge is -2.36. The van der Waals surface area contributed by atoms with E-state index in [1.54, 1.807) is 12.1 Å². The average Bonchev–Trinajstić information content (AvgIpc) is 3.34. The van der Waals surface area contributed by atoms with Crippen molar-refractivity contribution in [3.63, 3.8) is 0 Å².